The third-order valence-corrected chi connectivity index (χ3v) is 4.57. The molecule has 2 rings (SSSR count). The molecule has 1 atom stereocenters. The van der Waals surface area contributed by atoms with Gasteiger partial charge < -0.3 is 10.4 Å². The Kier molecular flexibility index (Phi) is 4.57. The molecule has 0 spiro atoms. The Labute approximate surface area is 123 Å². The lowest BCUT2D eigenvalue weighted by Crippen LogP contribution is -2.19. The largest absolute Gasteiger partial charge is 0.477 e. The maximum Gasteiger partial charge on any atom is 0.345 e. The third-order valence-electron chi connectivity index (χ3n) is 3.49. The molecule has 4 heteroatoms. The first-order chi connectivity index (χ1) is 9.49. The molecule has 106 valence electrons. The minimum Gasteiger partial charge on any atom is -0.477 e. The smallest absolute Gasteiger partial charge is 0.345 e. The van der Waals surface area contributed by atoms with Gasteiger partial charge in [0.15, 0.2) is 0 Å². The van der Waals surface area contributed by atoms with Crippen LogP contribution in [0.15, 0.2) is 30.3 Å². The number of aromatic carboxylic acids is 1. The van der Waals surface area contributed by atoms with Crippen LogP contribution >= 0.6 is 11.3 Å². The molecule has 3 nitrogen and oxygen atoms in total. The van der Waals surface area contributed by atoms with Gasteiger partial charge in [-0.25, -0.2) is 4.79 Å². The van der Waals surface area contributed by atoms with Crippen molar-refractivity contribution in [1.29, 1.82) is 0 Å². The van der Waals surface area contributed by atoms with E-state index in [1.54, 1.807) is 6.07 Å². The van der Waals surface area contributed by atoms with Crippen LogP contribution in [0.4, 0.5) is 0 Å². The van der Waals surface area contributed by atoms with Gasteiger partial charge in [0.1, 0.15) is 4.88 Å². The van der Waals surface area contributed by atoms with Crippen LogP contribution in [0, 0.1) is 13.8 Å². The van der Waals surface area contributed by atoms with E-state index in [4.69, 9.17) is 5.11 Å². The van der Waals surface area contributed by atoms with Gasteiger partial charge in [-0.15, -0.1) is 11.3 Å². The average Bonchev–Trinajstić information content (AvgIpc) is 2.78. The first-order valence-corrected chi connectivity index (χ1v) is 7.42. The second kappa shape index (κ2) is 6.20. The lowest BCUT2D eigenvalue weighted by atomic mass is 10.0. The van der Waals surface area contributed by atoms with E-state index in [1.807, 2.05) is 19.1 Å². The summed E-state index contributed by atoms with van der Waals surface area (Å²) in [5.74, 6) is -0.851. The van der Waals surface area contributed by atoms with Gasteiger partial charge in [-0.2, -0.15) is 0 Å². The summed E-state index contributed by atoms with van der Waals surface area (Å²) >= 11 is 1.33. The molecule has 2 N–H and O–H groups in total. The fourth-order valence-corrected chi connectivity index (χ4v) is 3.13. The maximum absolute atomic E-state index is 11.0. The van der Waals surface area contributed by atoms with E-state index in [0.29, 0.717) is 11.4 Å². The van der Waals surface area contributed by atoms with Crippen molar-refractivity contribution in [3.8, 4) is 0 Å². The van der Waals surface area contributed by atoms with Crippen molar-refractivity contribution in [2.75, 3.05) is 0 Å². The van der Waals surface area contributed by atoms with E-state index in [0.717, 1.165) is 10.4 Å². The normalized spacial score (nSPS) is 12.3. The number of rotatable bonds is 5. The standard InChI is InChI=1S/C16H19NO2S/c1-10-6-4-5-7-14(10)11(2)17-9-13-8-15(16(18)19)20-12(13)3/h4-8,11,17H,9H2,1-3H3,(H,18,19)/t11-/m1/s1. The van der Waals surface area contributed by atoms with E-state index >= 15 is 0 Å². The van der Waals surface area contributed by atoms with Crippen molar-refractivity contribution in [2.45, 2.75) is 33.4 Å². The van der Waals surface area contributed by atoms with Crippen LogP contribution in [0.3, 0.4) is 0 Å². The second-order valence-electron chi connectivity index (χ2n) is 4.96. The zero-order chi connectivity index (χ0) is 14.7. The Morgan fingerprint density at radius 3 is 2.65 bits per heavy atom. The first-order valence-electron chi connectivity index (χ1n) is 6.60. The Morgan fingerprint density at radius 1 is 1.35 bits per heavy atom. The number of hydrogen-bond acceptors (Lipinski definition) is 3. The second-order valence-corrected chi connectivity index (χ2v) is 6.21. The molecule has 0 aliphatic heterocycles. The van der Waals surface area contributed by atoms with Crippen LogP contribution in [0.2, 0.25) is 0 Å². The molecule has 0 unspecified atom stereocenters. The van der Waals surface area contributed by atoms with Gasteiger partial charge >= 0.3 is 5.97 Å². The minimum absolute atomic E-state index is 0.240. The van der Waals surface area contributed by atoms with Crippen molar-refractivity contribution in [1.82, 2.24) is 5.32 Å². The van der Waals surface area contributed by atoms with Crippen LogP contribution in [0.1, 0.15) is 44.2 Å². The number of benzene rings is 1. The van der Waals surface area contributed by atoms with Gasteiger partial charge in [-0.1, -0.05) is 24.3 Å². The van der Waals surface area contributed by atoms with Crippen molar-refractivity contribution in [3.63, 3.8) is 0 Å². The van der Waals surface area contributed by atoms with E-state index in [9.17, 15) is 4.79 Å². The van der Waals surface area contributed by atoms with Gasteiger partial charge in [-0.05, 0) is 43.5 Å². The summed E-state index contributed by atoms with van der Waals surface area (Å²) < 4.78 is 0. The highest BCUT2D eigenvalue weighted by atomic mass is 32.1. The van der Waals surface area contributed by atoms with E-state index in [2.05, 4.69) is 31.3 Å². The summed E-state index contributed by atoms with van der Waals surface area (Å²) in [5, 5.41) is 12.5. The van der Waals surface area contributed by atoms with Crippen LogP contribution in [-0.4, -0.2) is 11.1 Å². The van der Waals surface area contributed by atoms with Crippen molar-refractivity contribution < 1.29 is 9.90 Å². The number of carboxylic acids is 1. The number of aryl methyl sites for hydroxylation is 2. The highest BCUT2D eigenvalue weighted by molar-refractivity contribution is 7.14. The monoisotopic (exact) mass is 289 g/mol. The van der Waals surface area contributed by atoms with E-state index in [1.165, 1.54) is 22.5 Å². The Bertz CT molecular complexity index is 619. The molecule has 0 bridgehead atoms. The highest BCUT2D eigenvalue weighted by Gasteiger charge is 2.12. The van der Waals surface area contributed by atoms with E-state index < -0.39 is 5.97 Å². The summed E-state index contributed by atoms with van der Waals surface area (Å²) in [7, 11) is 0. The molecule has 0 aliphatic carbocycles. The highest BCUT2D eigenvalue weighted by Crippen LogP contribution is 2.23. The summed E-state index contributed by atoms with van der Waals surface area (Å²) in [5.41, 5.74) is 3.60. The predicted octanol–water partition coefficient (Wildman–Crippen LogP) is 3.91. The van der Waals surface area contributed by atoms with Gasteiger partial charge in [0, 0.05) is 17.5 Å². The van der Waals surface area contributed by atoms with Gasteiger partial charge in [0.25, 0.3) is 0 Å². The molecule has 0 saturated carbocycles. The van der Waals surface area contributed by atoms with Crippen LogP contribution < -0.4 is 5.32 Å². The maximum atomic E-state index is 11.0. The van der Waals surface area contributed by atoms with Crippen LogP contribution in [-0.2, 0) is 6.54 Å². The molecule has 1 aromatic heterocycles. The lowest BCUT2D eigenvalue weighted by Gasteiger charge is -2.16. The van der Waals surface area contributed by atoms with Gasteiger partial charge in [-0.3, -0.25) is 0 Å². The molecule has 0 saturated heterocycles. The fourth-order valence-electron chi connectivity index (χ4n) is 2.25. The third kappa shape index (κ3) is 3.26. The molecule has 1 aromatic carbocycles. The van der Waals surface area contributed by atoms with E-state index in [-0.39, 0.29) is 6.04 Å². The zero-order valence-electron chi connectivity index (χ0n) is 11.9. The molecular weight excluding hydrogens is 270 g/mol. The topological polar surface area (TPSA) is 49.3 Å². The van der Waals surface area contributed by atoms with Gasteiger partial charge in [0.05, 0.1) is 0 Å². The Hall–Kier alpha value is -1.65. The number of nitrogens with one attached hydrogen (secondary N) is 1. The SMILES string of the molecule is Cc1ccccc1[C@@H](C)NCc1cc(C(=O)O)sc1C. The van der Waals surface area contributed by atoms with Crippen molar-refractivity contribution in [2.24, 2.45) is 0 Å². The van der Waals surface area contributed by atoms with Gasteiger partial charge in [0.2, 0.25) is 0 Å². The molecule has 0 amide bonds. The van der Waals surface area contributed by atoms with Crippen LogP contribution in [0.5, 0.6) is 0 Å². The predicted molar refractivity (Wildman–Crippen MR) is 82.4 cm³/mol. The number of hydrogen-bond donors (Lipinski definition) is 2. The molecule has 0 radical (unpaired) electrons. The Balaban J connectivity index is 2.05. The Morgan fingerprint density at radius 2 is 2.05 bits per heavy atom. The van der Waals surface area contributed by atoms with Crippen LogP contribution in [0.25, 0.3) is 0 Å². The fraction of sp³-hybridized carbons (Fsp3) is 0.312. The lowest BCUT2D eigenvalue weighted by molar-refractivity contribution is 0.0702. The molecule has 20 heavy (non-hydrogen) atoms. The molecule has 2 aromatic rings. The minimum atomic E-state index is -0.851. The quantitative estimate of drug-likeness (QED) is 0.877. The number of thiophene rings is 1. The summed E-state index contributed by atoms with van der Waals surface area (Å²) in [6, 6.07) is 10.3. The van der Waals surface area contributed by atoms with Crippen molar-refractivity contribution >= 4 is 17.3 Å². The molecular formula is C16H19NO2S. The average molecular weight is 289 g/mol. The summed E-state index contributed by atoms with van der Waals surface area (Å²) in [4.78, 5) is 12.4. The molecule has 0 aliphatic rings. The zero-order valence-corrected chi connectivity index (χ0v) is 12.8. The number of carboxylic acid groups (broad SMARTS) is 1. The summed E-state index contributed by atoms with van der Waals surface area (Å²) in [6.07, 6.45) is 0. The van der Waals surface area contributed by atoms with Crippen molar-refractivity contribution in [3.05, 3.63) is 56.8 Å². The first kappa shape index (κ1) is 14.8. The summed E-state index contributed by atoms with van der Waals surface area (Å²) in [6.45, 7) is 6.88. The number of carbonyl (C=O) groups is 1. The molecule has 1 heterocycles. The molecule has 0 fully saturated rings.